The van der Waals surface area contributed by atoms with Crippen LogP contribution in [0.3, 0.4) is 0 Å². The zero-order valence-electron chi connectivity index (χ0n) is 14.0. The number of rotatable bonds is 0. The van der Waals surface area contributed by atoms with Gasteiger partial charge in [-0.25, -0.2) is 0 Å². The third-order valence-electron chi connectivity index (χ3n) is 5.37. The molecule has 26 heavy (non-hydrogen) atoms. The quantitative estimate of drug-likeness (QED) is 0.403. The van der Waals surface area contributed by atoms with Crippen LogP contribution in [-0.2, 0) is 5.66 Å². The lowest BCUT2D eigenvalue weighted by Crippen LogP contribution is -2.42. The monoisotopic (exact) mass is 352 g/mol. The summed E-state index contributed by atoms with van der Waals surface area (Å²) in [5.74, 6) is 0. The van der Waals surface area contributed by atoms with Gasteiger partial charge in [-0.3, -0.25) is 0 Å². The van der Waals surface area contributed by atoms with Gasteiger partial charge in [0.15, 0.2) is 5.66 Å². The molecule has 0 atom stereocenters. The van der Waals surface area contributed by atoms with E-state index in [0.29, 0.717) is 0 Å². The Labute approximate surface area is 156 Å². The van der Waals surface area contributed by atoms with Crippen LogP contribution in [0.15, 0.2) is 94.7 Å². The number of anilines is 2. The molecular weight excluding hydrogens is 336 g/mol. The summed E-state index contributed by atoms with van der Waals surface area (Å²) in [7, 11) is 0. The predicted octanol–water partition coefficient (Wildman–Crippen LogP) is 6.04. The molecule has 0 bridgehead atoms. The number of fused-ring (bicyclic) bond motifs is 7. The number of hydrogen-bond donors (Lipinski definition) is 2. The SMILES string of the molecule is c1ccc2c(c1)Sc1ccccc1C21Nc2ccc3ccccc3c2N1. The maximum Gasteiger partial charge on any atom is 0.163 e. The maximum atomic E-state index is 3.88. The van der Waals surface area contributed by atoms with Crippen LogP contribution >= 0.6 is 11.8 Å². The summed E-state index contributed by atoms with van der Waals surface area (Å²) in [6.45, 7) is 0. The van der Waals surface area contributed by atoms with Gasteiger partial charge in [0.2, 0.25) is 0 Å². The van der Waals surface area contributed by atoms with E-state index in [4.69, 9.17) is 0 Å². The highest BCUT2D eigenvalue weighted by molar-refractivity contribution is 7.99. The fourth-order valence-electron chi connectivity index (χ4n) is 4.19. The van der Waals surface area contributed by atoms with Gasteiger partial charge in [0, 0.05) is 26.3 Å². The van der Waals surface area contributed by atoms with Crippen molar-refractivity contribution in [1.82, 2.24) is 0 Å². The molecule has 4 aromatic carbocycles. The van der Waals surface area contributed by atoms with Crippen LogP contribution in [0.5, 0.6) is 0 Å². The second-order valence-electron chi connectivity index (χ2n) is 6.80. The molecule has 2 N–H and O–H groups in total. The average molecular weight is 352 g/mol. The Morgan fingerprint density at radius 3 is 2.04 bits per heavy atom. The van der Waals surface area contributed by atoms with Crippen LogP contribution in [0.2, 0.25) is 0 Å². The van der Waals surface area contributed by atoms with Gasteiger partial charge >= 0.3 is 0 Å². The first-order valence-corrected chi connectivity index (χ1v) is 9.62. The summed E-state index contributed by atoms with van der Waals surface area (Å²) >= 11 is 1.85. The Hall–Kier alpha value is -2.91. The molecule has 2 heterocycles. The van der Waals surface area contributed by atoms with Crippen molar-refractivity contribution in [1.29, 1.82) is 0 Å². The van der Waals surface area contributed by atoms with Crippen LogP contribution in [0.25, 0.3) is 10.8 Å². The highest BCUT2D eigenvalue weighted by Gasteiger charge is 2.45. The van der Waals surface area contributed by atoms with Crippen molar-refractivity contribution in [2.45, 2.75) is 15.5 Å². The van der Waals surface area contributed by atoms with Crippen LogP contribution < -0.4 is 10.6 Å². The van der Waals surface area contributed by atoms with Gasteiger partial charge in [-0.15, -0.1) is 0 Å². The zero-order chi connectivity index (χ0) is 17.1. The molecule has 0 radical (unpaired) electrons. The number of hydrogen-bond acceptors (Lipinski definition) is 3. The molecule has 0 aliphatic carbocycles. The van der Waals surface area contributed by atoms with E-state index in [1.165, 1.54) is 37.4 Å². The molecule has 0 fully saturated rings. The molecule has 2 nitrogen and oxygen atoms in total. The van der Waals surface area contributed by atoms with Crippen LogP contribution in [0, 0.1) is 0 Å². The summed E-state index contributed by atoms with van der Waals surface area (Å²) in [5.41, 5.74) is 4.47. The minimum Gasteiger partial charge on any atom is -0.354 e. The lowest BCUT2D eigenvalue weighted by molar-refractivity contribution is 0.665. The standard InChI is InChI=1S/C23H16N2S/c1-2-8-16-15(7-1)13-14-19-22(16)25-23(24-19)17-9-3-5-11-20(17)26-21-12-6-4-10-18(21)23/h1-14,24-25H. The van der Waals surface area contributed by atoms with Crippen molar-refractivity contribution in [3.63, 3.8) is 0 Å². The molecule has 4 aromatic rings. The first-order valence-electron chi connectivity index (χ1n) is 8.80. The van der Waals surface area contributed by atoms with Gasteiger partial charge in [-0.2, -0.15) is 0 Å². The molecule has 0 unspecified atom stereocenters. The van der Waals surface area contributed by atoms with Crippen LogP contribution in [-0.4, -0.2) is 0 Å². The van der Waals surface area contributed by atoms with E-state index in [2.05, 4.69) is 95.6 Å². The topological polar surface area (TPSA) is 24.1 Å². The average Bonchev–Trinajstić information content (AvgIpc) is 3.09. The van der Waals surface area contributed by atoms with Crippen LogP contribution in [0.4, 0.5) is 11.4 Å². The minimum atomic E-state index is -0.426. The molecule has 6 rings (SSSR count). The van der Waals surface area contributed by atoms with Gasteiger partial charge < -0.3 is 10.6 Å². The normalized spacial score (nSPS) is 15.7. The molecule has 2 aliphatic heterocycles. The largest absolute Gasteiger partial charge is 0.354 e. The fourth-order valence-corrected chi connectivity index (χ4v) is 5.39. The van der Waals surface area contributed by atoms with Crippen molar-refractivity contribution in [2.24, 2.45) is 0 Å². The molecule has 3 heteroatoms. The van der Waals surface area contributed by atoms with E-state index in [9.17, 15) is 0 Å². The summed E-state index contributed by atoms with van der Waals surface area (Å²) in [4.78, 5) is 2.59. The molecular formula is C23H16N2S. The highest BCUT2D eigenvalue weighted by atomic mass is 32.2. The summed E-state index contributed by atoms with van der Waals surface area (Å²) in [6.07, 6.45) is 0. The third kappa shape index (κ3) is 1.78. The number of benzene rings is 4. The molecule has 2 aliphatic rings. The predicted molar refractivity (Wildman–Crippen MR) is 109 cm³/mol. The van der Waals surface area contributed by atoms with Gasteiger partial charge in [0.05, 0.1) is 11.4 Å². The van der Waals surface area contributed by atoms with Crippen molar-refractivity contribution < 1.29 is 0 Å². The first-order chi connectivity index (χ1) is 12.9. The molecule has 0 saturated carbocycles. The van der Waals surface area contributed by atoms with E-state index in [1.54, 1.807) is 0 Å². The molecule has 124 valence electrons. The molecule has 1 spiro atoms. The van der Waals surface area contributed by atoms with E-state index < -0.39 is 5.66 Å². The van der Waals surface area contributed by atoms with E-state index >= 15 is 0 Å². The second-order valence-corrected chi connectivity index (χ2v) is 7.89. The molecule has 0 aromatic heterocycles. The Morgan fingerprint density at radius 2 is 1.27 bits per heavy atom. The van der Waals surface area contributed by atoms with E-state index in [-0.39, 0.29) is 0 Å². The summed E-state index contributed by atoms with van der Waals surface area (Å²) in [5, 5.41) is 10.2. The Balaban J connectivity index is 1.65. The van der Waals surface area contributed by atoms with Crippen LogP contribution in [0.1, 0.15) is 11.1 Å². The van der Waals surface area contributed by atoms with Gasteiger partial charge in [0.1, 0.15) is 0 Å². The summed E-state index contributed by atoms with van der Waals surface area (Å²) in [6, 6.07) is 30.3. The maximum absolute atomic E-state index is 3.88. The van der Waals surface area contributed by atoms with Gasteiger partial charge in [-0.05, 0) is 23.6 Å². The zero-order valence-corrected chi connectivity index (χ0v) is 14.8. The molecule has 0 amide bonds. The van der Waals surface area contributed by atoms with Crippen molar-refractivity contribution >= 4 is 33.9 Å². The lowest BCUT2D eigenvalue weighted by Gasteiger charge is -2.38. The van der Waals surface area contributed by atoms with Crippen molar-refractivity contribution in [2.75, 3.05) is 10.6 Å². The summed E-state index contributed by atoms with van der Waals surface area (Å²) < 4.78 is 0. The first kappa shape index (κ1) is 14.3. The Morgan fingerprint density at radius 1 is 0.615 bits per heavy atom. The van der Waals surface area contributed by atoms with Crippen molar-refractivity contribution in [3.05, 3.63) is 96.1 Å². The second kappa shape index (κ2) is 5.05. The Bertz CT molecular complexity index is 1140. The number of nitrogens with one attached hydrogen (secondary N) is 2. The van der Waals surface area contributed by atoms with E-state index in [1.807, 2.05) is 11.8 Å². The minimum absolute atomic E-state index is 0.426. The van der Waals surface area contributed by atoms with E-state index in [0.717, 1.165) is 5.69 Å². The molecule has 0 saturated heterocycles. The van der Waals surface area contributed by atoms with Gasteiger partial charge in [0.25, 0.3) is 0 Å². The Kier molecular flexibility index (Phi) is 2.78. The smallest absolute Gasteiger partial charge is 0.163 e. The lowest BCUT2D eigenvalue weighted by atomic mass is 9.91. The fraction of sp³-hybridized carbons (Fsp3) is 0.0435. The van der Waals surface area contributed by atoms with Crippen molar-refractivity contribution in [3.8, 4) is 0 Å². The van der Waals surface area contributed by atoms with Gasteiger partial charge in [-0.1, -0.05) is 78.5 Å². The highest BCUT2D eigenvalue weighted by Crippen LogP contribution is 2.54. The third-order valence-corrected chi connectivity index (χ3v) is 6.52.